The van der Waals surface area contributed by atoms with Crippen LogP contribution in [0, 0.1) is 0 Å². The molecular weight excluding hydrogens is 323 g/mol. The molecule has 2 rings (SSSR count). The Hall–Kier alpha value is 0.246. The Morgan fingerprint density at radius 2 is 1.73 bits per heavy atom. The summed E-state index contributed by atoms with van der Waals surface area (Å²) in [7, 11) is -4.39. The van der Waals surface area contributed by atoms with Gasteiger partial charge in [-0.05, 0) is 41.3 Å². The summed E-state index contributed by atoms with van der Waals surface area (Å²) in [6.45, 7) is 2.19. The van der Waals surface area contributed by atoms with E-state index in [4.69, 9.17) is 0 Å². The maximum Gasteiger partial charge on any atom is 1.00 e. The van der Waals surface area contributed by atoms with E-state index in [9.17, 15) is 13.0 Å². The van der Waals surface area contributed by atoms with Crippen LogP contribution in [-0.2, 0) is 16.5 Å². The van der Waals surface area contributed by atoms with E-state index in [1.54, 1.807) is 6.07 Å². The average Bonchev–Trinajstić information content (AvgIpc) is 2.45. The third-order valence-electron chi connectivity index (χ3n) is 3.78. The molecule has 0 N–H and O–H groups in total. The van der Waals surface area contributed by atoms with Gasteiger partial charge in [-0.1, -0.05) is 56.9 Å². The molecule has 0 fully saturated rings. The first-order chi connectivity index (χ1) is 10.0. The summed E-state index contributed by atoms with van der Waals surface area (Å²) in [5.74, 6) is 0. The molecule has 0 unspecified atom stereocenters. The first-order valence-electron chi connectivity index (χ1n) is 7.50. The minimum atomic E-state index is -4.39. The molecule has 0 saturated carbocycles. The summed E-state index contributed by atoms with van der Waals surface area (Å²) in [6.07, 6.45) is 6.91. The monoisotopic (exact) mass is 344 g/mol. The summed E-state index contributed by atoms with van der Waals surface area (Å²) in [6, 6.07) is 10.5. The second-order valence-electron chi connectivity index (χ2n) is 5.42. The maximum atomic E-state index is 11.2. The van der Waals surface area contributed by atoms with Crippen molar-refractivity contribution >= 4 is 20.9 Å². The standard InChI is InChI=1S/C17H22O3S.K/c1-2-3-4-5-6-8-14-9-7-10-15-11-12-16(13-17(14)15)21(18,19)20;/h7,9-13H,2-6,8H2,1H3,(H,18,19,20);/q;+1/p-1. The van der Waals surface area contributed by atoms with E-state index in [1.807, 2.05) is 18.2 Å². The van der Waals surface area contributed by atoms with Gasteiger partial charge < -0.3 is 4.55 Å². The van der Waals surface area contributed by atoms with Crippen molar-refractivity contribution in [3.8, 4) is 0 Å². The van der Waals surface area contributed by atoms with Gasteiger partial charge in [-0.15, -0.1) is 0 Å². The maximum absolute atomic E-state index is 11.2. The zero-order valence-corrected chi connectivity index (χ0v) is 17.3. The molecule has 0 aliphatic carbocycles. The van der Waals surface area contributed by atoms with Gasteiger partial charge in [0.25, 0.3) is 0 Å². The van der Waals surface area contributed by atoms with E-state index >= 15 is 0 Å². The number of benzene rings is 2. The van der Waals surface area contributed by atoms with E-state index in [1.165, 1.54) is 37.8 Å². The normalized spacial score (nSPS) is 11.4. The van der Waals surface area contributed by atoms with Gasteiger partial charge in [0.05, 0.1) is 4.90 Å². The van der Waals surface area contributed by atoms with Gasteiger partial charge in [0.2, 0.25) is 0 Å². The molecule has 0 atom stereocenters. The fourth-order valence-corrected chi connectivity index (χ4v) is 3.11. The second-order valence-corrected chi connectivity index (χ2v) is 6.80. The molecule has 2 aromatic carbocycles. The molecule has 0 heterocycles. The number of hydrogen-bond acceptors (Lipinski definition) is 3. The van der Waals surface area contributed by atoms with Crippen molar-refractivity contribution in [1.29, 1.82) is 0 Å². The second kappa shape index (κ2) is 9.52. The smallest absolute Gasteiger partial charge is 0.744 e. The van der Waals surface area contributed by atoms with Crippen LogP contribution >= 0.6 is 0 Å². The fraction of sp³-hybridized carbons (Fsp3) is 0.412. The Balaban J connectivity index is 0.00000242. The van der Waals surface area contributed by atoms with Gasteiger partial charge in [-0.2, -0.15) is 0 Å². The van der Waals surface area contributed by atoms with E-state index < -0.39 is 10.1 Å². The number of unbranched alkanes of at least 4 members (excludes halogenated alkanes) is 4. The van der Waals surface area contributed by atoms with Crippen LogP contribution in [-0.4, -0.2) is 13.0 Å². The summed E-state index contributed by atoms with van der Waals surface area (Å²) >= 11 is 0. The molecular formula is C17H21KO3S. The topological polar surface area (TPSA) is 57.2 Å². The molecule has 2 aromatic rings. The van der Waals surface area contributed by atoms with Crippen molar-refractivity contribution in [2.75, 3.05) is 0 Å². The Morgan fingerprint density at radius 3 is 2.41 bits per heavy atom. The van der Waals surface area contributed by atoms with Crippen LogP contribution in [0.5, 0.6) is 0 Å². The zero-order chi connectivity index (χ0) is 15.3. The molecule has 0 saturated heterocycles. The van der Waals surface area contributed by atoms with Crippen LogP contribution in [0.2, 0.25) is 0 Å². The van der Waals surface area contributed by atoms with Crippen molar-refractivity contribution in [2.45, 2.75) is 50.3 Å². The molecule has 0 amide bonds. The van der Waals surface area contributed by atoms with Crippen LogP contribution in [0.3, 0.4) is 0 Å². The van der Waals surface area contributed by atoms with Gasteiger partial charge >= 0.3 is 51.4 Å². The van der Waals surface area contributed by atoms with Gasteiger partial charge in [0, 0.05) is 0 Å². The molecule has 114 valence electrons. The molecule has 0 spiro atoms. The van der Waals surface area contributed by atoms with Crippen LogP contribution in [0.1, 0.15) is 44.6 Å². The van der Waals surface area contributed by atoms with Crippen molar-refractivity contribution in [3.63, 3.8) is 0 Å². The predicted molar refractivity (Wildman–Crippen MR) is 84.4 cm³/mol. The third-order valence-corrected chi connectivity index (χ3v) is 4.61. The molecule has 22 heavy (non-hydrogen) atoms. The van der Waals surface area contributed by atoms with Gasteiger partial charge in [0.1, 0.15) is 10.1 Å². The van der Waals surface area contributed by atoms with Gasteiger partial charge in [-0.3, -0.25) is 0 Å². The Morgan fingerprint density at radius 1 is 1.00 bits per heavy atom. The molecule has 5 heteroatoms. The van der Waals surface area contributed by atoms with Gasteiger partial charge in [0.15, 0.2) is 0 Å². The van der Waals surface area contributed by atoms with E-state index in [0.29, 0.717) is 0 Å². The summed E-state index contributed by atoms with van der Waals surface area (Å²) in [4.78, 5) is -0.145. The summed E-state index contributed by atoms with van der Waals surface area (Å²) in [5.41, 5.74) is 1.12. The minimum Gasteiger partial charge on any atom is -0.744 e. The van der Waals surface area contributed by atoms with E-state index in [-0.39, 0.29) is 56.3 Å². The SMILES string of the molecule is CCCCCCCc1cccc2ccc(S(=O)(=O)[O-])cc12.[K+]. The molecule has 0 aliphatic rings. The Bertz CT molecular complexity index is 711. The molecule has 0 aromatic heterocycles. The minimum absolute atomic E-state index is 0. The number of hydrogen-bond donors (Lipinski definition) is 0. The first kappa shape index (κ1) is 20.3. The van der Waals surface area contributed by atoms with Crippen LogP contribution in [0.25, 0.3) is 10.8 Å². The molecule has 3 nitrogen and oxygen atoms in total. The fourth-order valence-electron chi connectivity index (χ4n) is 2.61. The summed E-state index contributed by atoms with van der Waals surface area (Å²) in [5, 5.41) is 1.86. The van der Waals surface area contributed by atoms with Crippen molar-refractivity contribution in [3.05, 3.63) is 42.0 Å². The predicted octanol–water partition coefficient (Wildman–Crippen LogP) is 1.26. The molecule has 0 aliphatic heterocycles. The van der Waals surface area contributed by atoms with Gasteiger partial charge in [-0.25, -0.2) is 8.42 Å². The van der Waals surface area contributed by atoms with E-state index in [2.05, 4.69) is 6.92 Å². The zero-order valence-electron chi connectivity index (χ0n) is 13.3. The third kappa shape index (κ3) is 5.71. The molecule has 0 radical (unpaired) electrons. The molecule has 0 bridgehead atoms. The van der Waals surface area contributed by atoms with E-state index in [0.717, 1.165) is 29.2 Å². The first-order valence-corrected chi connectivity index (χ1v) is 8.91. The van der Waals surface area contributed by atoms with Crippen molar-refractivity contribution in [1.82, 2.24) is 0 Å². The van der Waals surface area contributed by atoms with Crippen molar-refractivity contribution < 1.29 is 64.4 Å². The quantitative estimate of drug-likeness (QED) is 0.432. The van der Waals surface area contributed by atoms with Crippen molar-refractivity contribution in [2.24, 2.45) is 0 Å². The van der Waals surface area contributed by atoms with Crippen LogP contribution in [0.4, 0.5) is 0 Å². The average molecular weight is 345 g/mol. The summed E-state index contributed by atoms with van der Waals surface area (Å²) < 4.78 is 33.5. The number of fused-ring (bicyclic) bond motifs is 1. The number of rotatable bonds is 7. The Labute approximate surface area is 175 Å². The van der Waals surface area contributed by atoms with Crippen LogP contribution < -0.4 is 51.4 Å². The largest absolute Gasteiger partial charge is 1.00 e. The van der Waals surface area contributed by atoms with Crippen LogP contribution in [0.15, 0.2) is 41.3 Å². The number of aryl methyl sites for hydroxylation is 1. The Kier molecular flexibility index (Phi) is 8.78.